The Hall–Kier alpha value is -1.81. The fraction of sp³-hybridized carbons (Fsp3) is 0.400. The van der Waals surface area contributed by atoms with Gasteiger partial charge in [0.15, 0.2) is 0 Å². The summed E-state index contributed by atoms with van der Waals surface area (Å²) in [5.41, 5.74) is 1.76. The lowest BCUT2D eigenvalue weighted by atomic mass is 10.1. The molecule has 102 valence electrons. The Labute approximate surface area is 113 Å². The van der Waals surface area contributed by atoms with Gasteiger partial charge in [0.25, 0.3) is 5.56 Å². The molecule has 0 aliphatic carbocycles. The van der Waals surface area contributed by atoms with Crippen molar-refractivity contribution in [3.8, 4) is 5.75 Å². The second-order valence-electron chi connectivity index (χ2n) is 4.47. The summed E-state index contributed by atoms with van der Waals surface area (Å²) in [6, 6.07) is 7.75. The van der Waals surface area contributed by atoms with Crippen molar-refractivity contribution in [1.29, 1.82) is 0 Å². The summed E-state index contributed by atoms with van der Waals surface area (Å²) in [5.74, 6) is 0.836. The number of nitrogens with one attached hydrogen (secondary N) is 1. The van der Waals surface area contributed by atoms with E-state index in [1.54, 1.807) is 11.6 Å². The second kappa shape index (κ2) is 5.89. The number of pyridine rings is 1. The smallest absolute Gasteiger partial charge is 0.255 e. The summed E-state index contributed by atoms with van der Waals surface area (Å²) in [4.78, 5) is 12.2. The van der Waals surface area contributed by atoms with Crippen LogP contribution in [0.4, 0.5) is 0 Å². The molecule has 0 saturated carbocycles. The zero-order chi connectivity index (χ0) is 13.8. The molecule has 0 aliphatic rings. The normalized spacial score (nSPS) is 10.9. The molecule has 0 spiro atoms. The van der Waals surface area contributed by atoms with E-state index in [-0.39, 0.29) is 5.56 Å². The topological polar surface area (TPSA) is 43.3 Å². The summed E-state index contributed by atoms with van der Waals surface area (Å²) in [6.07, 6.45) is 0. The van der Waals surface area contributed by atoms with E-state index in [9.17, 15) is 4.79 Å². The third-order valence-corrected chi connectivity index (χ3v) is 3.15. The van der Waals surface area contributed by atoms with E-state index in [0.717, 1.165) is 28.8 Å². The van der Waals surface area contributed by atoms with Crippen LogP contribution in [0.3, 0.4) is 0 Å². The second-order valence-corrected chi connectivity index (χ2v) is 4.47. The number of ether oxygens (including phenoxy) is 1. The van der Waals surface area contributed by atoms with Gasteiger partial charge in [-0.2, -0.15) is 0 Å². The average molecular weight is 260 g/mol. The Kier molecular flexibility index (Phi) is 4.22. The molecule has 0 radical (unpaired) electrons. The first-order valence-corrected chi connectivity index (χ1v) is 6.63. The highest BCUT2D eigenvalue weighted by atomic mass is 16.5. The van der Waals surface area contributed by atoms with Gasteiger partial charge in [-0.25, -0.2) is 0 Å². The first kappa shape index (κ1) is 13.6. The van der Waals surface area contributed by atoms with Crippen LogP contribution in [0.5, 0.6) is 5.75 Å². The molecule has 19 heavy (non-hydrogen) atoms. The molecule has 0 fully saturated rings. The van der Waals surface area contributed by atoms with Gasteiger partial charge < -0.3 is 14.6 Å². The highest BCUT2D eigenvalue weighted by Gasteiger charge is 2.07. The molecule has 1 N–H and O–H groups in total. The fourth-order valence-electron chi connectivity index (χ4n) is 2.17. The van der Waals surface area contributed by atoms with Gasteiger partial charge in [0.05, 0.1) is 12.1 Å². The molecule has 4 heteroatoms. The largest absolute Gasteiger partial charge is 0.494 e. The van der Waals surface area contributed by atoms with Crippen LogP contribution in [-0.4, -0.2) is 17.7 Å². The lowest BCUT2D eigenvalue weighted by Gasteiger charge is -2.11. The van der Waals surface area contributed by atoms with Crippen molar-refractivity contribution in [2.45, 2.75) is 20.4 Å². The third kappa shape index (κ3) is 2.79. The highest BCUT2D eigenvalue weighted by Crippen LogP contribution is 2.20. The van der Waals surface area contributed by atoms with Crippen LogP contribution in [0.25, 0.3) is 10.9 Å². The van der Waals surface area contributed by atoms with Gasteiger partial charge in [-0.1, -0.05) is 6.92 Å². The van der Waals surface area contributed by atoms with Crippen LogP contribution in [0.1, 0.15) is 19.4 Å². The van der Waals surface area contributed by atoms with E-state index in [0.29, 0.717) is 13.2 Å². The molecule has 1 aromatic heterocycles. The predicted molar refractivity (Wildman–Crippen MR) is 77.7 cm³/mol. The molecule has 0 amide bonds. The van der Waals surface area contributed by atoms with E-state index >= 15 is 0 Å². The zero-order valence-corrected chi connectivity index (χ0v) is 11.7. The summed E-state index contributed by atoms with van der Waals surface area (Å²) in [6.45, 7) is 6.07. The maximum atomic E-state index is 12.2. The van der Waals surface area contributed by atoms with Gasteiger partial charge in [0, 0.05) is 24.5 Å². The van der Waals surface area contributed by atoms with Gasteiger partial charge in [-0.05, 0) is 37.7 Å². The summed E-state index contributed by atoms with van der Waals surface area (Å²) < 4.78 is 7.19. The Bertz CT molecular complexity index is 632. The Morgan fingerprint density at radius 3 is 2.74 bits per heavy atom. The first-order valence-electron chi connectivity index (χ1n) is 6.63. The molecule has 1 heterocycles. The fourth-order valence-corrected chi connectivity index (χ4v) is 2.17. The van der Waals surface area contributed by atoms with Crippen molar-refractivity contribution in [3.05, 3.63) is 40.2 Å². The third-order valence-electron chi connectivity index (χ3n) is 3.15. The molecule has 0 unspecified atom stereocenters. The number of hydrogen-bond acceptors (Lipinski definition) is 3. The molecular weight excluding hydrogens is 240 g/mol. The molecular formula is C15H20N2O2. The minimum Gasteiger partial charge on any atom is -0.494 e. The SMILES string of the molecule is CCNCc1cc2cc(OCC)ccc2n(C)c1=O. The van der Waals surface area contributed by atoms with Crippen LogP contribution < -0.4 is 15.6 Å². The molecule has 0 aliphatic heterocycles. The molecule has 4 nitrogen and oxygen atoms in total. The number of aromatic nitrogens is 1. The lowest BCUT2D eigenvalue weighted by molar-refractivity contribution is 0.340. The number of aryl methyl sites for hydroxylation is 1. The van der Waals surface area contributed by atoms with E-state index in [1.165, 1.54) is 0 Å². The van der Waals surface area contributed by atoms with Crippen LogP contribution >= 0.6 is 0 Å². The van der Waals surface area contributed by atoms with Crippen LogP contribution in [0, 0.1) is 0 Å². The number of benzene rings is 1. The molecule has 0 saturated heterocycles. The standard InChI is InChI=1S/C15H20N2O2/c1-4-16-10-12-8-11-9-13(19-5-2)6-7-14(11)17(3)15(12)18/h6-9,16H,4-5,10H2,1-3H3. The molecule has 1 aromatic carbocycles. The van der Waals surface area contributed by atoms with Crippen molar-refractivity contribution in [2.24, 2.45) is 7.05 Å². The van der Waals surface area contributed by atoms with Crippen molar-refractivity contribution >= 4 is 10.9 Å². The molecule has 0 atom stereocenters. The number of rotatable bonds is 5. The first-order chi connectivity index (χ1) is 9.17. The van der Waals surface area contributed by atoms with Gasteiger partial charge in [-0.3, -0.25) is 4.79 Å². The summed E-state index contributed by atoms with van der Waals surface area (Å²) in [7, 11) is 1.81. The van der Waals surface area contributed by atoms with Gasteiger partial charge in [0.1, 0.15) is 5.75 Å². The van der Waals surface area contributed by atoms with Gasteiger partial charge in [0.2, 0.25) is 0 Å². The number of nitrogens with zero attached hydrogens (tertiary/aromatic N) is 1. The number of hydrogen-bond donors (Lipinski definition) is 1. The average Bonchev–Trinajstić information content (AvgIpc) is 2.41. The molecule has 2 aromatic rings. The van der Waals surface area contributed by atoms with Crippen molar-refractivity contribution in [2.75, 3.05) is 13.2 Å². The molecule has 2 rings (SSSR count). The van der Waals surface area contributed by atoms with E-state index < -0.39 is 0 Å². The van der Waals surface area contributed by atoms with Crippen molar-refractivity contribution < 1.29 is 4.74 Å². The number of fused-ring (bicyclic) bond motifs is 1. The highest BCUT2D eigenvalue weighted by molar-refractivity contribution is 5.81. The predicted octanol–water partition coefficient (Wildman–Crippen LogP) is 2.05. The Morgan fingerprint density at radius 1 is 1.26 bits per heavy atom. The lowest BCUT2D eigenvalue weighted by Crippen LogP contribution is -2.25. The minimum atomic E-state index is 0.0533. The Balaban J connectivity index is 2.53. The van der Waals surface area contributed by atoms with Crippen LogP contribution in [0.2, 0.25) is 0 Å². The molecule has 0 bridgehead atoms. The van der Waals surface area contributed by atoms with E-state index in [4.69, 9.17) is 4.74 Å². The van der Waals surface area contributed by atoms with E-state index in [1.807, 2.05) is 38.1 Å². The monoisotopic (exact) mass is 260 g/mol. The maximum absolute atomic E-state index is 12.2. The van der Waals surface area contributed by atoms with Gasteiger partial charge in [-0.15, -0.1) is 0 Å². The van der Waals surface area contributed by atoms with E-state index in [2.05, 4.69) is 5.32 Å². The summed E-state index contributed by atoms with van der Waals surface area (Å²) in [5, 5.41) is 4.22. The quantitative estimate of drug-likeness (QED) is 0.894. The minimum absolute atomic E-state index is 0.0533. The summed E-state index contributed by atoms with van der Waals surface area (Å²) >= 11 is 0. The van der Waals surface area contributed by atoms with Crippen LogP contribution in [-0.2, 0) is 13.6 Å². The van der Waals surface area contributed by atoms with Crippen molar-refractivity contribution in [1.82, 2.24) is 9.88 Å². The maximum Gasteiger partial charge on any atom is 0.255 e. The van der Waals surface area contributed by atoms with Crippen molar-refractivity contribution in [3.63, 3.8) is 0 Å². The van der Waals surface area contributed by atoms with Gasteiger partial charge >= 0.3 is 0 Å². The van der Waals surface area contributed by atoms with Crippen LogP contribution in [0.15, 0.2) is 29.1 Å². The Morgan fingerprint density at radius 2 is 2.05 bits per heavy atom. The zero-order valence-electron chi connectivity index (χ0n) is 11.7.